The first-order valence-electron chi connectivity index (χ1n) is 5.24. The van der Waals surface area contributed by atoms with Crippen LogP contribution in [-0.2, 0) is 17.8 Å². The fourth-order valence-electron chi connectivity index (χ4n) is 1.45. The van der Waals surface area contributed by atoms with Gasteiger partial charge in [0.15, 0.2) is 0 Å². The van der Waals surface area contributed by atoms with Gasteiger partial charge in [0, 0.05) is 24.0 Å². The van der Waals surface area contributed by atoms with E-state index in [4.69, 9.17) is 0 Å². The Kier molecular flexibility index (Phi) is 3.49. The molecule has 1 aromatic carbocycles. The van der Waals surface area contributed by atoms with E-state index in [1.165, 1.54) is 6.07 Å². The topological polar surface area (TPSA) is 57.8 Å². The monoisotopic (exact) mass is 233 g/mol. The van der Waals surface area contributed by atoms with Gasteiger partial charge in [-0.05, 0) is 12.1 Å². The van der Waals surface area contributed by atoms with E-state index in [2.05, 4.69) is 15.5 Å². The van der Waals surface area contributed by atoms with Crippen LogP contribution in [-0.4, -0.2) is 16.1 Å². The highest BCUT2D eigenvalue weighted by atomic mass is 19.1. The zero-order valence-corrected chi connectivity index (χ0v) is 9.11. The number of hydrogen-bond donors (Lipinski definition) is 2. The molecule has 0 radical (unpaired) electrons. The van der Waals surface area contributed by atoms with Gasteiger partial charge in [-0.15, -0.1) is 0 Å². The summed E-state index contributed by atoms with van der Waals surface area (Å²) in [6.07, 6.45) is 1.80. The molecule has 0 fully saturated rings. The van der Waals surface area contributed by atoms with Crippen LogP contribution in [0.5, 0.6) is 0 Å². The Morgan fingerprint density at radius 2 is 2.18 bits per heavy atom. The first-order chi connectivity index (χ1) is 8.25. The minimum absolute atomic E-state index is 0.169. The van der Waals surface area contributed by atoms with Crippen molar-refractivity contribution in [3.8, 4) is 0 Å². The summed E-state index contributed by atoms with van der Waals surface area (Å²) in [6, 6.07) is 8.09. The molecule has 0 saturated carbocycles. The lowest BCUT2D eigenvalue weighted by molar-refractivity contribution is -0.120. The predicted molar refractivity (Wildman–Crippen MR) is 60.5 cm³/mol. The second-order valence-electron chi connectivity index (χ2n) is 3.63. The number of halogens is 1. The van der Waals surface area contributed by atoms with Gasteiger partial charge in [0.1, 0.15) is 5.82 Å². The minimum Gasteiger partial charge on any atom is -0.352 e. The van der Waals surface area contributed by atoms with E-state index >= 15 is 0 Å². The fraction of sp³-hybridized carbons (Fsp3) is 0.167. The number of carbonyl (C=O) groups is 1. The molecular formula is C12H12FN3O. The highest BCUT2D eigenvalue weighted by Gasteiger charge is 2.05. The molecule has 1 heterocycles. The van der Waals surface area contributed by atoms with Crippen molar-refractivity contribution in [2.45, 2.75) is 13.0 Å². The van der Waals surface area contributed by atoms with Crippen LogP contribution in [0.25, 0.3) is 0 Å². The molecule has 88 valence electrons. The van der Waals surface area contributed by atoms with Crippen LogP contribution in [0.1, 0.15) is 11.3 Å². The number of carbonyl (C=O) groups excluding carboxylic acids is 1. The van der Waals surface area contributed by atoms with Gasteiger partial charge < -0.3 is 5.32 Å². The molecule has 1 aromatic heterocycles. The maximum atomic E-state index is 13.2. The summed E-state index contributed by atoms with van der Waals surface area (Å²) >= 11 is 0. The van der Waals surface area contributed by atoms with Crippen molar-refractivity contribution in [1.82, 2.24) is 15.5 Å². The molecule has 0 saturated heterocycles. The van der Waals surface area contributed by atoms with Crippen LogP contribution in [0.3, 0.4) is 0 Å². The van der Waals surface area contributed by atoms with Crippen molar-refractivity contribution < 1.29 is 9.18 Å². The quantitative estimate of drug-likeness (QED) is 0.838. The Labute approximate surface area is 97.9 Å². The Morgan fingerprint density at radius 3 is 2.88 bits per heavy atom. The SMILES string of the molecule is O=C(Cc1ccn[nH]1)NCc1ccccc1F. The normalized spacial score (nSPS) is 10.2. The van der Waals surface area contributed by atoms with E-state index in [0.29, 0.717) is 5.56 Å². The number of nitrogens with zero attached hydrogens (tertiary/aromatic N) is 1. The van der Waals surface area contributed by atoms with Crippen molar-refractivity contribution in [1.29, 1.82) is 0 Å². The van der Waals surface area contributed by atoms with E-state index < -0.39 is 0 Å². The van der Waals surface area contributed by atoms with Crippen LogP contribution < -0.4 is 5.32 Å². The maximum absolute atomic E-state index is 13.2. The predicted octanol–water partition coefficient (Wildman–Crippen LogP) is 1.41. The first-order valence-corrected chi connectivity index (χ1v) is 5.24. The number of rotatable bonds is 4. The summed E-state index contributed by atoms with van der Waals surface area (Å²) in [7, 11) is 0. The third-order valence-corrected chi connectivity index (χ3v) is 2.34. The summed E-state index contributed by atoms with van der Waals surface area (Å²) in [5, 5.41) is 9.09. The van der Waals surface area contributed by atoms with E-state index in [1.54, 1.807) is 30.5 Å². The van der Waals surface area contributed by atoms with E-state index in [1.807, 2.05) is 0 Å². The van der Waals surface area contributed by atoms with Crippen molar-refractivity contribution in [2.75, 3.05) is 0 Å². The van der Waals surface area contributed by atoms with Crippen LogP contribution in [0, 0.1) is 5.82 Å². The number of hydrogen-bond acceptors (Lipinski definition) is 2. The molecular weight excluding hydrogens is 221 g/mol. The highest BCUT2D eigenvalue weighted by Crippen LogP contribution is 2.05. The molecule has 0 aliphatic rings. The zero-order valence-electron chi connectivity index (χ0n) is 9.11. The molecule has 17 heavy (non-hydrogen) atoms. The number of benzene rings is 1. The second kappa shape index (κ2) is 5.25. The van der Waals surface area contributed by atoms with Crippen molar-refractivity contribution in [2.24, 2.45) is 0 Å². The smallest absolute Gasteiger partial charge is 0.226 e. The molecule has 0 aliphatic carbocycles. The van der Waals surface area contributed by atoms with Crippen LogP contribution in [0.15, 0.2) is 36.5 Å². The Hall–Kier alpha value is -2.17. The second-order valence-corrected chi connectivity index (χ2v) is 3.63. The standard InChI is InChI=1S/C12H12FN3O/c13-11-4-2-1-3-9(11)8-14-12(17)7-10-5-6-15-16-10/h1-6H,7-8H2,(H,14,17)(H,15,16). The number of aromatic nitrogens is 2. The highest BCUT2D eigenvalue weighted by molar-refractivity contribution is 5.78. The molecule has 0 bridgehead atoms. The molecule has 0 unspecified atom stereocenters. The Morgan fingerprint density at radius 1 is 1.35 bits per heavy atom. The van der Waals surface area contributed by atoms with Gasteiger partial charge in [0.2, 0.25) is 5.91 Å². The number of amides is 1. The molecule has 4 nitrogen and oxygen atoms in total. The maximum Gasteiger partial charge on any atom is 0.226 e. The van der Waals surface area contributed by atoms with E-state index in [0.717, 1.165) is 5.69 Å². The average molecular weight is 233 g/mol. The average Bonchev–Trinajstić information content (AvgIpc) is 2.81. The summed E-state index contributed by atoms with van der Waals surface area (Å²) in [5.74, 6) is -0.480. The number of nitrogens with one attached hydrogen (secondary N) is 2. The van der Waals surface area contributed by atoms with Crippen LogP contribution in [0.4, 0.5) is 4.39 Å². The van der Waals surface area contributed by atoms with Gasteiger partial charge in [0.25, 0.3) is 0 Å². The summed E-state index contributed by atoms with van der Waals surface area (Å²) < 4.78 is 13.2. The first kappa shape index (κ1) is 11.3. The summed E-state index contributed by atoms with van der Waals surface area (Å²) in [4.78, 5) is 11.5. The molecule has 0 aliphatic heterocycles. The lowest BCUT2D eigenvalue weighted by atomic mass is 10.2. The molecule has 5 heteroatoms. The Balaban J connectivity index is 1.86. The summed E-state index contributed by atoms with van der Waals surface area (Å²) in [6.45, 7) is 0.194. The van der Waals surface area contributed by atoms with Crippen LogP contribution >= 0.6 is 0 Å². The van der Waals surface area contributed by atoms with E-state index in [-0.39, 0.29) is 24.7 Å². The molecule has 2 aromatic rings. The van der Waals surface area contributed by atoms with E-state index in [9.17, 15) is 9.18 Å². The third kappa shape index (κ3) is 3.14. The van der Waals surface area contributed by atoms with Gasteiger partial charge in [-0.25, -0.2) is 4.39 Å². The van der Waals surface area contributed by atoms with Crippen LogP contribution in [0.2, 0.25) is 0 Å². The van der Waals surface area contributed by atoms with Gasteiger partial charge in [-0.1, -0.05) is 18.2 Å². The third-order valence-electron chi connectivity index (χ3n) is 2.34. The lowest BCUT2D eigenvalue weighted by Gasteiger charge is -2.05. The largest absolute Gasteiger partial charge is 0.352 e. The summed E-state index contributed by atoms with van der Waals surface area (Å²) in [5.41, 5.74) is 1.21. The molecule has 2 N–H and O–H groups in total. The molecule has 2 rings (SSSR count). The van der Waals surface area contributed by atoms with Crippen molar-refractivity contribution in [3.63, 3.8) is 0 Å². The molecule has 1 amide bonds. The minimum atomic E-state index is -0.311. The fourth-order valence-corrected chi connectivity index (χ4v) is 1.45. The Bertz CT molecular complexity index is 496. The molecule has 0 spiro atoms. The van der Waals surface area contributed by atoms with Gasteiger partial charge in [-0.3, -0.25) is 9.89 Å². The lowest BCUT2D eigenvalue weighted by Crippen LogP contribution is -2.25. The van der Waals surface area contributed by atoms with Gasteiger partial charge in [-0.2, -0.15) is 5.10 Å². The number of H-pyrrole nitrogens is 1. The van der Waals surface area contributed by atoms with Crippen molar-refractivity contribution in [3.05, 3.63) is 53.6 Å². The van der Waals surface area contributed by atoms with Gasteiger partial charge in [0.05, 0.1) is 6.42 Å². The molecule has 0 atom stereocenters. The zero-order chi connectivity index (χ0) is 12.1. The van der Waals surface area contributed by atoms with Crippen molar-refractivity contribution >= 4 is 5.91 Å². The van der Waals surface area contributed by atoms with Gasteiger partial charge >= 0.3 is 0 Å². The number of aromatic amines is 1.